The van der Waals surface area contributed by atoms with Gasteiger partial charge in [-0.05, 0) is 121 Å². The summed E-state index contributed by atoms with van der Waals surface area (Å²) in [5.74, 6) is 0. The molecule has 0 aliphatic rings. The second kappa shape index (κ2) is 218. The molecular weight excluding hydrogens is 2350 g/mol. The predicted octanol–water partition coefficient (Wildman–Crippen LogP) is 9.67. The monoisotopic (exact) mass is 2450 g/mol. The average Bonchev–Trinajstić information content (AvgIpc) is 3.24. The molecule has 0 fully saturated rings. The molecule has 0 N–H and O–H groups in total. The zero-order valence-electron chi connectivity index (χ0n) is 54.5. The minimum absolute atomic E-state index is 0. The van der Waals surface area contributed by atoms with Gasteiger partial charge in [0.15, 0.2) is 0 Å². The van der Waals surface area contributed by atoms with E-state index in [1.54, 1.807) is 40.6 Å². The average molecular weight is 2440 g/mol. The van der Waals surface area contributed by atoms with E-state index in [1.165, 1.54) is 181 Å². The summed E-state index contributed by atoms with van der Waals surface area (Å²) in [4.78, 5) is 29.5. The Morgan fingerprint density at radius 1 is 0.309 bits per heavy atom. The fourth-order valence-corrected chi connectivity index (χ4v) is 6.71. The van der Waals surface area contributed by atoms with Crippen molar-refractivity contribution in [3.8, 4) is 0 Å². The maximum Gasteiger partial charge on any atom is 1.00 e. The Labute approximate surface area is 737 Å². The molecule has 0 saturated heterocycles. The van der Waals surface area contributed by atoms with E-state index < -0.39 is 0 Å². The van der Waals surface area contributed by atoms with E-state index in [2.05, 4.69) is 111 Å². The summed E-state index contributed by atoms with van der Waals surface area (Å²) in [6, 6.07) is 7.85. The largest absolute Gasteiger partial charge is 2.00 e. The van der Waals surface area contributed by atoms with Crippen LogP contribution in [0.15, 0.2) is 49.1 Å². The predicted molar refractivity (Wildman–Crippen MR) is 290 cm³/mol. The van der Waals surface area contributed by atoms with Crippen molar-refractivity contribution >= 4 is 58.0 Å². The first-order valence-corrected chi connectivity index (χ1v) is 25.0. The van der Waals surface area contributed by atoms with Gasteiger partial charge in [0.1, 0.15) is 0 Å². The molecular formula is C48H94Ag2I2Mo8N6O28-48. The molecule has 0 aromatic carbocycles. The normalized spacial score (nSPS) is 6.36. The molecule has 616 valence electrons. The summed E-state index contributed by atoms with van der Waals surface area (Å²) in [5, 5.41) is 0. The number of amides is 2. The number of carbonyl (C=O) groups excluding carboxylic acids is 2. The van der Waals surface area contributed by atoms with Crippen molar-refractivity contribution in [3.05, 3.63) is 56.2 Å². The van der Waals surface area contributed by atoms with E-state index in [4.69, 9.17) is 0 Å². The van der Waals surface area contributed by atoms with Crippen LogP contribution >= 0.6 is 45.2 Å². The number of carbonyl (C=O) groups is 2. The number of hydrogen-bond donors (Lipinski definition) is 0. The van der Waals surface area contributed by atoms with Gasteiger partial charge in [0.25, 0.3) is 0 Å². The van der Waals surface area contributed by atoms with Gasteiger partial charge in [-0.2, -0.15) is 0 Å². The van der Waals surface area contributed by atoms with E-state index in [0.717, 1.165) is 12.8 Å². The van der Waals surface area contributed by atoms with Gasteiger partial charge in [-0.3, -0.25) is 19.6 Å². The third-order valence-corrected chi connectivity index (χ3v) is 10.8. The van der Waals surface area contributed by atoms with Crippen molar-refractivity contribution < 1.29 is 374 Å². The second-order valence-corrected chi connectivity index (χ2v) is 18.3. The van der Waals surface area contributed by atoms with Crippen LogP contribution in [-0.4, -0.2) is 122 Å². The molecule has 0 atom stereocenters. The Balaban J connectivity index is -0.00000000947. The molecule has 2 amide bonds. The number of unbranched alkanes of at least 4 members (excludes halogenated alkanes) is 8. The van der Waals surface area contributed by atoms with Crippen molar-refractivity contribution in [2.75, 3.05) is 80.5 Å². The van der Waals surface area contributed by atoms with Crippen LogP contribution < -0.4 is 0 Å². The number of aromatic nitrogens is 2. The first-order valence-electron chi connectivity index (χ1n) is 22.9. The molecule has 94 heavy (non-hydrogen) atoms. The molecule has 2 heterocycles. The quantitative estimate of drug-likeness (QED) is 0.0384. The molecule has 0 saturated carbocycles. The van der Waals surface area contributed by atoms with Crippen molar-refractivity contribution in [3.63, 3.8) is 0 Å². The molecule has 0 radical (unpaired) electrons. The van der Waals surface area contributed by atoms with E-state index in [1.807, 2.05) is 36.7 Å². The number of nitrogens with zero attached hydrogens (tertiary/aromatic N) is 6. The van der Waals surface area contributed by atoms with Gasteiger partial charge in [-0.15, -0.1) is 0 Å². The summed E-state index contributed by atoms with van der Waals surface area (Å²) in [6.45, 7) is 30.0. The Morgan fingerprint density at radius 3 is 0.479 bits per heavy atom. The number of quaternary nitrogens is 2. The van der Waals surface area contributed by atoms with Crippen molar-refractivity contribution in [2.45, 2.75) is 158 Å². The molecule has 0 aliphatic carbocycles. The first kappa shape index (κ1) is 274. The van der Waals surface area contributed by atoms with Crippen LogP contribution in [0.3, 0.4) is 0 Å². The molecule has 34 nitrogen and oxygen atoms in total. The number of rotatable bonds is 26. The minimum Gasteiger partial charge on any atom is -2.00 e. The molecule has 2 rings (SSSR count). The van der Waals surface area contributed by atoms with Crippen molar-refractivity contribution in [1.29, 1.82) is 0 Å². The van der Waals surface area contributed by atoms with Crippen LogP contribution in [0, 0.1) is 7.14 Å². The van der Waals surface area contributed by atoms with Crippen LogP contribution in [0.2, 0.25) is 0 Å². The standard InChI is InChI=1S/2C16H36N.2C5H4IN.2C3H7NO.2Ag.8Mo.26O/c2*1-5-9-13-17(14-10-6-2,15-11-7-3)16-12-8-4;2*6-5-2-1-3-7-4-5;2*1-4(2)3-5;;;;;;;;;;;;;;;;;;;;;;;;;;;;;;;;;;;;/h2*5-16H2,1-4H3;2*1-4H;2*3H,1-2H3;;;;;;;;;;;;;;;;;;;;;;;;;;;;;;;;;;;;/q2*+1;;;;;2*+1;;;;;;;;;26*-2. The maximum atomic E-state index is 9.43. The Kier molecular flexibility index (Phi) is 635. The topological polar surface area (TPSA) is 807 Å². The van der Waals surface area contributed by atoms with Gasteiger partial charge in [0.2, 0.25) is 12.8 Å². The molecule has 0 aliphatic heterocycles. The smallest absolute Gasteiger partial charge is 1.00 e. The Morgan fingerprint density at radius 2 is 0.426 bits per heavy atom. The van der Waals surface area contributed by atoms with Gasteiger partial charge in [0, 0.05) is 229 Å². The van der Waals surface area contributed by atoms with E-state index in [0.29, 0.717) is 0 Å². The summed E-state index contributed by atoms with van der Waals surface area (Å²) >= 11 is 4.43. The fourth-order valence-electron chi connectivity index (χ4n) is 5.97. The van der Waals surface area contributed by atoms with Crippen molar-refractivity contribution in [1.82, 2.24) is 19.8 Å². The van der Waals surface area contributed by atoms with Crippen LogP contribution in [0.4, 0.5) is 0 Å². The molecule has 0 unspecified atom stereocenters. The van der Waals surface area contributed by atoms with E-state index >= 15 is 0 Å². The SMILES string of the molecule is CCCC[N+](CCCC)(CCCC)CCCC.CCCC[N+](CCCC)(CCCC)CCCC.CN(C)C=O.CN(C)C=O.Ic1cccnc1.Ic1cccnc1.[Ag+].[Ag+].[Mo].[Mo].[Mo].[Mo].[Mo].[Mo].[Mo].[Mo].[O-2].[O-2].[O-2].[O-2].[O-2].[O-2].[O-2].[O-2].[O-2].[O-2].[O-2].[O-2].[O-2].[O-2].[O-2].[O-2].[O-2].[O-2].[O-2].[O-2].[O-2].[O-2].[O-2].[O-2].[O-2].[O-2]. The summed E-state index contributed by atoms with van der Waals surface area (Å²) in [7, 11) is 6.75. The van der Waals surface area contributed by atoms with Gasteiger partial charge >= 0.3 is 44.8 Å². The number of halogens is 2. The van der Waals surface area contributed by atoms with Gasteiger partial charge in [-0.25, -0.2) is 0 Å². The minimum atomic E-state index is 0. The van der Waals surface area contributed by atoms with Crippen LogP contribution in [0.1, 0.15) is 158 Å². The third-order valence-electron chi connectivity index (χ3n) is 9.56. The first-order chi connectivity index (χ1) is 27.8. The van der Waals surface area contributed by atoms with Crippen LogP contribution in [0.5, 0.6) is 0 Å². The number of hydrogen-bond acceptors (Lipinski definition) is 4. The molecule has 0 bridgehead atoms. The zero-order chi connectivity index (χ0) is 44.8. The summed E-state index contributed by atoms with van der Waals surface area (Å²) in [6.07, 6.45) is 30.8. The van der Waals surface area contributed by atoms with Crippen LogP contribution in [0.25, 0.3) is 0 Å². The molecule has 2 aromatic rings. The van der Waals surface area contributed by atoms with Gasteiger partial charge in [0.05, 0.1) is 52.4 Å². The van der Waals surface area contributed by atoms with Crippen LogP contribution in [-0.2, 0) is 365 Å². The molecule has 0 spiro atoms. The van der Waals surface area contributed by atoms with Gasteiger partial charge in [-0.1, -0.05) is 107 Å². The molecule has 2 aromatic heterocycles. The Hall–Kier alpha value is 4.57. The zero-order valence-corrected chi connectivity index (χ0v) is 77.8. The van der Waals surface area contributed by atoms with Crippen molar-refractivity contribution in [2.24, 2.45) is 0 Å². The van der Waals surface area contributed by atoms with E-state index in [-0.39, 0.29) is 356 Å². The van der Waals surface area contributed by atoms with Gasteiger partial charge < -0.3 is 161 Å². The maximum absolute atomic E-state index is 9.43. The molecule has 46 heteroatoms. The third kappa shape index (κ3) is 212. The Bertz CT molecular complexity index is 1040. The summed E-state index contributed by atoms with van der Waals surface area (Å²) in [5.41, 5.74) is 0. The summed E-state index contributed by atoms with van der Waals surface area (Å²) < 4.78 is 5.20. The number of pyridine rings is 2. The fraction of sp³-hybridized carbons (Fsp3) is 0.750. The second-order valence-electron chi connectivity index (χ2n) is 15.8. The van der Waals surface area contributed by atoms with E-state index in [9.17, 15) is 9.59 Å².